The first-order valence-corrected chi connectivity index (χ1v) is 3.55. The van der Waals surface area contributed by atoms with E-state index in [1.165, 1.54) is 0 Å². The molecule has 0 aliphatic carbocycles. The highest BCUT2D eigenvalue weighted by Crippen LogP contribution is 2.19. The molecular weight excluding hydrogens is 152 g/mol. The summed E-state index contributed by atoms with van der Waals surface area (Å²) in [7, 11) is 0. The van der Waals surface area contributed by atoms with Crippen LogP contribution in [0.3, 0.4) is 0 Å². The lowest BCUT2D eigenvalue weighted by Gasteiger charge is -2.00. The lowest BCUT2D eigenvalue weighted by atomic mass is 10.2. The Bertz CT molecular complexity index is 313. The number of aryl methyl sites for hydroxylation is 1. The number of nitrogens with zero attached hydrogens (tertiary/aromatic N) is 1. The van der Waals surface area contributed by atoms with Gasteiger partial charge in [-0.3, -0.25) is 0 Å². The molecule has 64 valence electrons. The normalized spacial score (nSPS) is 9.42. The molecule has 0 saturated carbocycles. The van der Waals surface area contributed by atoms with E-state index < -0.39 is 0 Å². The molecule has 1 aromatic carbocycles. The molecule has 4 heteroatoms. The van der Waals surface area contributed by atoms with Crippen LogP contribution in [0.15, 0.2) is 23.2 Å². The quantitative estimate of drug-likeness (QED) is 0.320. The van der Waals surface area contributed by atoms with Gasteiger partial charge in [0.05, 0.1) is 5.69 Å². The van der Waals surface area contributed by atoms with Crippen LogP contribution in [0.25, 0.3) is 0 Å². The van der Waals surface area contributed by atoms with E-state index in [1.54, 1.807) is 12.1 Å². The SMILES string of the molecule is Cc1cc(N)ccc1N=C(N)N. The van der Waals surface area contributed by atoms with Crippen LogP contribution >= 0.6 is 0 Å². The Labute approximate surface area is 71.1 Å². The smallest absolute Gasteiger partial charge is 0.191 e. The van der Waals surface area contributed by atoms with Gasteiger partial charge in [-0.1, -0.05) is 0 Å². The number of aliphatic imine (C=N–C) groups is 1. The van der Waals surface area contributed by atoms with E-state index in [9.17, 15) is 0 Å². The number of nitrogen functional groups attached to an aromatic ring is 1. The maximum atomic E-state index is 5.55. The average Bonchev–Trinajstić information content (AvgIpc) is 1.94. The average molecular weight is 164 g/mol. The van der Waals surface area contributed by atoms with Gasteiger partial charge in [-0.25, -0.2) is 4.99 Å². The molecule has 0 radical (unpaired) electrons. The number of benzene rings is 1. The van der Waals surface area contributed by atoms with E-state index in [1.807, 2.05) is 13.0 Å². The Kier molecular flexibility index (Phi) is 2.19. The summed E-state index contributed by atoms with van der Waals surface area (Å²) in [5, 5.41) is 0. The monoisotopic (exact) mass is 164 g/mol. The fourth-order valence-corrected chi connectivity index (χ4v) is 0.943. The van der Waals surface area contributed by atoms with E-state index in [0.29, 0.717) is 5.69 Å². The van der Waals surface area contributed by atoms with Crippen molar-refractivity contribution in [3.63, 3.8) is 0 Å². The summed E-state index contributed by atoms with van der Waals surface area (Å²) in [6, 6.07) is 5.36. The molecule has 0 bridgehead atoms. The Morgan fingerprint density at radius 2 is 2.00 bits per heavy atom. The second kappa shape index (κ2) is 3.13. The molecule has 0 amide bonds. The summed E-state index contributed by atoms with van der Waals surface area (Å²) in [5.41, 5.74) is 18.4. The van der Waals surface area contributed by atoms with E-state index in [2.05, 4.69) is 4.99 Å². The molecule has 0 spiro atoms. The maximum Gasteiger partial charge on any atom is 0.191 e. The van der Waals surface area contributed by atoms with Gasteiger partial charge >= 0.3 is 0 Å². The van der Waals surface area contributed by atoms with Gasteiger partial charge in [0.15, 0.2) is 5.96 Å². The molecule has 0 aliphatic heterocycles. The van der Waals surface area contributed by atoms with E-state index in [-0.39, 0.29) is 5.96 Å². The van der Waals surface area contributed by atoms with Crippen molar-refractivity contribution in [2.45, 2.75) is 6.92 Å². The van der Waals surface area contributed by atoms with Crippen molar-refractivity contribution in [1.29, 1.82) is 0 Å². The van der Waals surface area contributed by atoms with Gasteiger partial charge < -0.3 is 17.2 Å². The Morgan fingerprint density at radius 1 is 1.33 bits per heavy atom. The molecule has 6 N–H and O–H groups in total. The molecule has 1 rings (SSSR count). The van der Waals surface area contributed by atoms with Gasteiger partial charge in [-0.15, -0.1) is 0 Å². The lowest BCUT2D eigenvalue weighted by molar-refractivity contribution is 1.36. The van der Waals surface area contributed by atoms with Crippen molar-refractivity contribution < 1.29 is 0 Å². The summed E-state index contributed by atoms with van der Waals surface area (Å²) in [4.78, 5) is 3.92. The van der Waals surface area contributed by atoms with Gasteiger partial charge in [-0.2, -0.15) is 0 Å². The highest BCUT2D eigenvalue weighted by molar-refractivity contribution is 5.79. The van der Waals surface area contributed by atoms with Crippen molar-refractivity contribution in [2.75, 3.05) is 5.73 Å². The van der Waals surface area contributed by atoms with Gasteiger partial charge in [0, 0.05) is 5.69 Å². The summed E-state index contributed by atoms with van der Waals surface area (Å²) in [6.45, 7) is 1.90. The number of guanidine groups is 1. The summed E-state index contributed by atoms with van der Waals surface area (Å²) in [6.07, 6.45) is 0. The minimum atomic E-state index is 0.0582. The third kappa shape index (κ3) is 1.88. The van der Waals surface area contributed by atoms with Gasteiger partial charge in [0.1, 0.15) is 0 Å². The highest BCUT2D eigenvalue weighted by Gasteiger charge is 1.95. The first-order valence-electron chi connectivity index (χ1n) is 3.55. The first-order chi connectivity index (χ1) is 5.59. The van der Waals surface area contributed by atoms with Gasteiger partial charge in [-0.05, 0) is 30.7 Å². The van der Waals surface area contributed by atoms with Crippen LogP contribution in [0.4, 0.5) is 11.4 Å². The van der Waals surface area contributed by atoms with Crippen molar-refractivity contribution in [1.82, 2.24) is 0 Å². The van der Waals surface area contributed by atoms with E-state index in [4.69, 9.17) is 17.2 Å². The van der Waals surface area contributed by atoms with Crippen LogP contribution in [0.1, 0.15) is 5.56 Å². The Morgan fingerprint density at radius 3 is 2.50 bits per heavy atom. The molecule has 0 aliphatic rings. The fourth-order valence-electron chi connectivity index (χ4n) is 0.943. The minimum Gasteiger partial charge on any atom is -0.399 e. The number of nitrogens with two attached hydrogens (primary N) is 3. The number of hydrogen-bond donors (Lipinski definition) is 3. The van der Waals surface area contributed by atoms with Crippen molar-refractivity contribution in [3.05, 3.63) is 23.8 Å². The molecule has 0 fully saturated rings. The molecule has 0 atom stereocenters. The van der Waals surface area contributed by atoms with Crippen molar-refractivity contribution in [3.8, 4) is 0 Å². The zero-order chi connectivity index (χ0) is 9.14. The number of anilines is 1. The largest absolute Gasteiger partial charge is 0.399 e. The summed E-state index contributed by atoms with van der Waals surface area (Å²) >= 11 is 0. The maximum absolute atomic E-state index is 5.55. The predicted molar refractivity (Wildman–Crippen MR) is 51.1 cm³/mol. The topological polar surface area (TPSA) is 90.4 Å². The third-order valence-corrected chi connectivity index (χ3v) is 1.47. The molecule has 0 unspecified atom stereocenters. The minimum absolute atomic E-state index is 0.0582. The number of hydrogen-bond acceptors (Lipinski definition) is 2. The van der Waals surface area contributed by atoms with Crippen molar-refractivity contribution in [2.24, 2.45) is 16.5 Å². The van der Waals surface area contributed by atoms with Crippen LogP contribution in [0.2, 0.25) is 0 Å². The zero-order valence-corrected chi connectivity index (χ0v) is 6.91. The molecule has 0 saturated heterocycles. The van der Waals surface area contributed by atoms with Crippen LogP contribution in [0, 0.1) is 6.92 Å². The molecule has 0 aromatic heterocycles. The van der Waals surface area contributed by atoms with Crippen LogP contribution in [-0.2, 0) is 0 Å². The molecule has 4 nitrogen and oxygen atoms in total. The lowest BCUT2D eigenvalue weighted by Crippen LogP contribution is -2.22. The van der Waals surface area contributed by atoms with E-state index in [0.717, 1.165) is 11.3 Å². The first kappa shape index (κ1) is 8.39. The van der Waals surface area contributed by atoms with Crippen LogP contribution < -0.4 is 17.2 Å². The van der Waals surface area contributed by atoms with Crippen LogP contribution in [0.5, 0.6) is 0 Å². The van der Waals surface area contributed by atoms with Crippen molar-refractivity contribution >= 4 is 17.3 Å². The third-order valence-electron chi connectivity index (χ3n) is 1.47. The summed E-state index contributed by atoms with van der Waals surface area (Å²) < 4.78 is 0. The standard InChI is InChI=1S/C8H12N4/c1-5-4-6(9)2-3-7(5)12-8(10)11/h2-4H,9H2,1H3,(H4,10,11,12). The summed E-state index contributed by atoms with van der Waals surface area (Å²) in [5.74, 6) is 0.0582. The van der Waals surface area contributed by atoms with Gasteiger partial charge in [0.2, 0.25) is 0 Å². The molecule has 0 heterocycles. The zero-order valence-electron chi connectivity index (χ0n) is 6.91. The predicted octanol–water partition coefficient (Wildman–Crippen LogP) is 0.482. The van der Waals surface area contributed by atoms with E-state index >= 15 is 0 Å². The highest BCUT2D eigenvalue weighted by atomic mass is 15.0. The second-order valence-electron chi connectivity index (χ2n) is 2.58. The Hall–Kier alpha value is -1.71. The van der Waals surface area contributed by atoms with Gasteiger partial charge in [0.25, 0.3) is 0 Å². The molecule has 1 aromatic rings. The fraction of sp³-hybridized carbons (Fsp3) is 0.125. The molecule has 12 heavy (non-hydrogen) atoms. The van der Waals surface area contributed by atoms with Crippen LogP contribution in [-0.4, -0.2) is 5.96 Å². The second-order valence-corrected chi connectivity index (χ2v) is 2.58. The molecular formula is C8H12N4. The Balaban J connectivity index is 3.10. The number of rotatable bonds is 1.